The number of aliphatic hydroxyl groups excluding tert-OH is 5. The maximum absolute atomic E-state index is 12.3. The molecule has 24 heteroatoms. The Morgan fingerprint density at radius 1 is 0.448 bits per heavy atom. The lowest BCUT2D eigenvalue weighted by atomic mass is 9.95. The highest BCUT2D eigenvalue weighted by molar-refractivity contribution is 5.67. The van der Waals surface area contributed by atoms with Crippen LogP contribution in [-0.4, -0.2) is 191 Å². The second-order valence-corrected chi connectivity index (χ2v) is 14.3. The van der Waals surface area contributed by atoms with Crippen LogP contribution in [0.4, 0.5) is 0 Å². The normalized spacial score (nSPS) is 43.1. The Bertz CT molecular complexity index is 1440. The molecule has 9 N–H and O–H groups in total. The largest absolute Gasteiger partial charge is 0.463 e. The van der Waals surface area contributed by atoms with Crippen LogP contribution in [0.3, 0.4) is 0 Å². The summed E-state index contributed by atoms with van der Waals surface area (Å²) >= 11 is 0. The number of hydrogen-bond donors (Lipinski definition) is 7. The predicted molar refractivity (Wildman–Crippen MR) is 183 cm³/mol. The fourth-order valence-electron chi connectivity index (χ4n) is 6.81. The SMILES string of the molecule is CC(=O)OCC1O[C@H](O[C@@H]2C(C)O[C@@H](O[C@@H]3C(COC(C)=O)O[C@H](O[C@@H]4C(C)O[C@@H](OC(C)=O)C(OC(C)=O)C4O)C(N)C3O)C(OC(C)=O)C2O)C(N)C(O)[C@@H]1O. The van der Waals surface area contributed by atoms with E-state index in [1.165, 1.54) is 13.8 Å². The van der Waals surface area contributed by atoms with Crippen LogP contribution in [0.25, 0.3) is 0 Å². The molecule has 4 saturated heterocycles. The second-order valence-electron chi connectivity index (χ2n) is 14.3. The molecule has 24 nitrogen and oxygen atoms in total. The van der Waals surface area contributed by atoms with Crippen molar-refractivity contribution in [2.75, 3.05) is 13.2 Å². The summed E-state index contributed by atoms with van der Waals surface area (Å²) in [7, 11) is 0. The van der Waals surface area contributed by atoms with Gasteiger partial charge in [0.05, 0.1) is 24.3 Å². The minimum absolute atomic E-state index is 0.473. The Balaban J connectivity index is 1.54. The molecule has 12 unspecified atom stereocenters. The molecule has 0 aromatic rings. The van der Waals surface area contributed by atoms with Crippen LogP contribution in [0.1, 0.15) is 48.5 Å². The molecule has 4 rings (SSSR count). The fraction of sp³-hybridized carbons (Fsp3) is 0.853. The Morgan fingerprint density at radius 3 is 1.31 bits per heavy atom. The zero-order chi connectivity index (χ0) is 43.3. The topological polar surface area (TPSA) is 349 Å². The number of ether oxygens (including phenoxy) is 12. The molecule has 0 spiro atoms. The van der Waals surface area contributed by atoms with Gasteiger partial charge in [-0.05, 0) is 13.8 Å². The van der Waals surface area contributed by atoms with Crippen molar-refractivity contribution in [2.24, 2.45) is 11.5 Å². The van der Waals surface area contributed by atoms with E-state index in [-0.39, 0.29) is 0 Å². The van der Waals surface area contributed by atoms with Gasteiger partial charge in [-0.15, -0.1) is 0 Å². The second kappa shape index (κ2) is 20.4. The van der Waals surface area contributed by atoms with Gasteiger partial charge in [0.15, 0.2) is 31.1 Å². The summed E-state index contributed by atoms with van der Waals surface area (Å²) in [5.74, 6) is -4.00. The van der Waals surface area contributed by atoms with E-state index in [4.69, 9.17) is 68.3 Å². The summed E-state index contributed by atoms with van der Waals surface area (Å²) in [5.41, 5.74) is 12.5. The number of esters is 5. The summed E-state index contributed by atoms with van der Waals surface area (Å²) in [4.78, 5) is 59.1. The Kier molecular flexibility index (Phi) is 16.7. The standard InChI is InChI=1S/C34H54N2O22/c1-10-26(24(45)29(51-14(5)39)33(49-10)53-16(7)41)57-32-20(36)23(44)28(18(55-32)9-48-13(4)38)58-34-30(52-15(6)40)25(46)27(11(2)50-34)56-31-19(35)22(43)21(42)17(54-31)8-47-12(3)37/h10-11,17-34,42-46H,8-9,35-36H2,1-7H3/t10?,11?,17?,18?,19?,20?,21-,22?,23?,24?,25?,26-,27-,28-,29?,30?,31-,32-,33+,34+/m1/s1. The van der Waals surface area contributed by atoms with Crippen LogP contribution in [0, 0.1) is 0 Å². The van der Waals surface area contributed by atoms with Crippen molar-refractivity contribution in [3.05, 3.63) is 0 Å². The van der Waals surface area contributed by atoms with Gasteiger partial charge < -0.3 is 93.8 Å². The summed E-state index contributed by atoms with van der Waals surface area (Å²) in [6, 6.07) is -2.89. The number of hydrogen-bond acceptors (Lipinski definition) is 24. The Hall–Kier alpha value is -3.21. The van der Waals surface area contributed by atoms with Crippen LogP contribution >= 0.6 is 0 Å². The molecule has 0 aliphatic carbocycles. The van der Waals surface area contributed by atoms with Gasteiger partial charge in [0, 0.05) is 34.6 Å². The van der Waals surface area contributed by atoms with Crippen molar-refractivity contribution in [1.82, 2.24) is 0 Å². The summed E-state index contributed by atoms with van der Waals surface area (Å²) < 4.78 is 67.1. The average molecular weight is 843 g/mol. The molecule has 4 heterocycles. The lowest BCUT2D eigenvalue weighted by molar-refractivity contribution is -0.370. The molecule has 0 radical (unpaired) electrons. The molecule has 0 saturated carbocycles. The molecule has 4 aliphatic heterocycles. The molecule has 0 aromatic heterocycles. The average Bonchev–Trinajstić information content (AvgIpc) is 3.12. The number of carbonyl (C=O) groups excluding carboxylic acids is 5. The van der Waals surface area contributed by atoms with E-state index in [2.05, 4.69) is 0 Å². The minimum Gasteiger partial charge on any atom is -0.463 e. The molecule has 0 bridgehead atoms. The van der Waals surface area contributed by atoms with E-state index in [1.54, 1.807) is 0 Å². The zero-order valence-electron chi connectivity index (χ0n) is 32.8. The third-order valence-corrected chi connectivity index (χ3v) is 9.64. The van der Waals surface area contributed by atoms with E-state index < -0.39 is 166 Å². The minimum atomic E-state index is -1.78. The third kappa shape index (κ3) is 11.5. The number of carbonyl (C=O) groups is 5. The van der Waals surface area contributed by atoms with Crippen molar-refractivity contribution in [2.45, 2.75) is 171 Å². The first-order chi connectivity index (χ1) is 27.1. The van der Waals surface area contributed by atoms with Crippen LogP contribution in [0.5, 0.6) is 0 Å². The summed E-state index contributed by atoms with van der Waals surface area (Å²) in [6.45, 7) is 7.21. The van der Waals surface area contributed by atoms with Gasteiger partial charge in [-0.1, -0.05) is 0 Å². The van der Waals surface area contributed by atoms with Gasteiger partial charge in [0.2, 0.25) is 6.29 Å². The van der Waals surface area contributed by atoms with E-state index in [0.717, 1.165) is 34.6 Å². The van der Waals surface area contributed by atoms with Crippen LogP contribution in [-0.2, 0) is 80.8 Å². The quantitative estimate of drug-likeness (QED) is 0.0675. The first kappa shape index (κ1) is 47.5. The maximum Gasteiger partial charge on any atom is 0.305 e. The monoisotopic (exact) mass is 842 g/mol. The third-order valence-electron chi connectivity index (χ3n) is 9.64. The summed E-state index contributed by atoms with van der Waals surface area (Å²) in [6.07, 6.45) is -27.3. The Morgan fingerprint density at radius 2 is 0.845 bits per heavy atom. The predicted octanol–water partition coefficient (Wildman–Crippen LogP) is -4.91. The van der Waals surface area contributed by atoms with Gasteiger partial charge in [-0.3, -0.25) is 24.0 Å². The van der Waals surface area contributed by atoms with Crippen molar-refractivity contribution >= 4 is 29.8 Å². The lowest BCUT2D eigenvalue weighted by Gasteiger charge is -2.49. The fourth-order valence-corrected chi connectivity index (χ4v) is 6.81. The molecule has 332 valence electrons. The molecule has 20 atom stereocenters. The van der Waals surface area contributed by atoms with Crippen molar-refractivity contribution in [3.63, 3.8) is 0 Å². The molecular formula is C34H54N2O22. The van der Waals surface area contributed by atoms with E-state index in [1.807, 2.05) is 0 Å². The smallest absolute Gasteiger partial charge is 0.305 e. The first-order valence-electron chi connectivity index (χ1n) is 18.4. The van der Waals surface area contributed by atoms with E-state index >= 15 is 0 Å². The molecule has 0 amide bonds. The Labute approximate surface area is 332 Å². The maximum atomic E-state index is 12.3. The van der Waals surface area contributed by atoms with Gasteiger partial charge in [0.1, 0.15) is 74.3 Å². The van der Waals surface area contributed by atoms with Crippen molar-refractivity contribution in [1.29, 1.82) is 0 Å². The number of nitrogens with two attached hydrogens (primary N) is 2. The van der Waals surface area contributed by atoms with Crippen LogP contribution < -0.4 is 11.5 Å². The van der Waals surface area contributed by atoms with Crippen molar-refractivity contribution in [3.8, 4) is 0 Å². The highest BCUT2D eigenvalue weighted by atomic mass is 16.8. The van der Waals surface area contributed by atoms with Gasteiger partial charge >= 0.3 is 29.8 Å². The molecule has 58 heavy (non-hydrogen) atoms. The van der Waals surface area contributed by atoms with Gasteiger partial charge in [-0.25, -0.2) is 0 Å². The van der Waals surface area contributed by atoms with Crippen LogP contribution in [0.2, 0.25) is 0 Å². The van der Waals surface area contributed by atoms with Crippen LogP contribution in [0.15, 0.2) is 0 Å². The van der Waals surface area contributed by atoms with E-state index in [9.17, 15) is 49.5 Å². The van der Waals surface area contributed by atoms with Gasteiger partial charge in [-0.2, -0.15) is 0 Å². The van der Waals surface area contributed by atoms with Crippen molar-refractivity contribution < 1.29 is 106 Å². The van der Waals surface area contributed by atoms with E-state index in [0.29, 0.717) is 0 Å². The molecule has 0 aromatic carbocycles. The number of rotatable bonds is 13. The highest BCUT2D eigenvalue weighted by Crippen LogP contribution is 2.35. The zero-order valence-corrected chi connectivity index (χ0v) is 32.8. The van der Waals surface area contributed by atoms with Gasteiger partial charge in [0.25, 0.3) is 0 Å². The summed E-state index contributed by atoms with van der Waals surface area (Å²) in [5, 5.41) is 55.4. The highest BCUT2D eigenvalue weighted by Gasteiger charge is 2.56. The lowest BCUT2D eigenvalue weighted by Crippen LogP contribution is -2.69. The first-order valence-corrected chi connectivity index (χ1v) is 18.4. The molecule has 4 fully saturated rings. The molecular weight excluding hydrogens is 788 g/mol. The number of aliphatic hydroxyl groups is 5. The molecule has 4 aliphatic rings.